The van der Waals surface area contributed by atoms with Crippen LogP contribution < -0.4 is 20.7 Å². The Bertz CT molecular complexity index is 5220. The van der Waals surface area contributed by atoms with Gasteiger partial charge in [-0.05, 0) is 185 Å². The highest BCUT2D eigenvalue weighted by Gasteiger charge is 2.42. The van der Waals surface area contributed by atoms with Gasteiger partial charge in [-0.25, -0.2) is 0 Å². The molecule has 88 heavy (non-hydrogen) atoms. The molecule has 0 atom stereocenters. The minimum Gasteiger partial charge on any atom is -0.0616 e. The van der Waals surface area contributed by atoms with Crippen molar-refractivity contribution in [3.05, 3.63) is 291 Å². The van der Waals surface area contributed by atoms with Crippen molar-refractivity contribution in [2.24, 2.45) is 0 Å². The van der Waals surface area contributed by atoms with Gasteiger partial charge >= 0.3 is 0 Å². The van der Waals surface area contributed by atoms with Gasteiger partial charge in [0.05, 0.1) is 0 Å². The molecular formula is C86H60Si2. The molecule has 16 aromatic rings. The second kappa shape index (κ2) is 19.1. The van der Waals surface area contributed by atoms with Crippen LogP contribution in [-0.2, 0) is 0 Å². The maximum atomic E-state index is 2.61. The van der Waals surface area contributed by atoms with E-state index in [-0.39, 0.29) is 0 Å². The van der Waals surface area contributed by atoms with Crippen LogP contribution in [0.5, 0.6) is 0 Å². The van der Waals surface area contributed by atoms with Crippen LogP contribution in [0.15, 0.2) is 291 Å². The number of benzene rings is 16. The van der Waals surface area contributed by atoms with Crippen molar-refractivity contribution in [2.45, 2.75) is 26.2 Å². The Balaban J connectivity index is 0.772. The Morgan fingerprint density at radius 2 is 0.443 bits per heavy atom. The lowest BCUT2D eigenvalue weighted by Gasteiger charge is -2.22. The first kappa shape index (κ1) is 51.0. The van der Waals surface area contributed by atoms with Crippen molar-refractivity contribution in [3.8, 4) is 89.0 Å². The van der Waals surface area contributed by atoms with Crippen LogP contribution in [-0.4, -0.2) is 16.1 Å². The molecule has 2 heterocycles. The third-order valence-electron chi connectivity index (χ3n) is 20.5. The fourth-order valence-electron chi connectivity index (χ4n) is 16.4. The molecule has 2 aliphatic heterocycles. The largest absolute Gasteiger partial charge is 0.113 e. The quantitative estimate of drug-likeness (QED) is 0.115. The monoisotopic (exact) mass is 1150 g/mol. The summed E-state index contributed by atoms with van der Waals surface area (Å²) in [5.74, 6) is 0. The van der Waals surface area contributed by atoms with Gasteiger partial charge in [-0.2, -0.15) is 0 Å². The van der Waals surface area contributed by atoms with Crippen molar-refractivity contribution in [1.29, 1.82) is 0 Å². The van der Waals surface area contributed by atoms with Crippen LogP contribution in [0.3, 0.4) is 0 Å². The molecule has 0 radical (unpaired) electrons. The molecule has 0 nitrogen and oxygen atoms in total. The summed E-state index contributed by atoms with van der Waals surface area (Å²) < 4.78 is 0. The second-order valence-electron chi connectivity index (χ2n) is 25.7. The van der Waals surface area contributed by atoms with E-state index in [0.29, 0.717) is 0 Å². The fourth-order valence-corrected chi connectivity index (χ4v) is 22.6. The van der Waals surface area contributed by atoms with Crippen LogP contribution in [0, 0.1) is 0 Å². The van der Waals surface area contributed by atoms with E-state index in [9.17, 15) is 0 Å². The van der Waals surface area contributed by atoms with Gasteiger partial charge in [-0.3, -0.25) is 0 Å². The lowest BCUT2D eigenvalue weighted by Crippen LogP contribution is -2.49. The molecule has 0 saturated heterocycles. The third kappa shape index (κ3) is 7.25. The summed E-state index contributed by atoms with van der Waals surface area (Å²) in [4.78, 5) is 0. The molecule has 0 aromatic heterocycles. The van der Waals surface area contributed by atoms with Crippen LogP contribution >= 0.6 is 0 Å². The fraction of sp³-hybridized carbons (Fsp3) is 0.0465. The van der Waals surface area contributed by atoms with Crippen LogP contribution in [0.1, 0.15) is 0 Å². The minimum absolute atomic E-state index is 1.25. The van der Waals surface area contributed by atoms with Crippen LogP contribution in [0.25, 0.3) is 164 Å². The highest BCUT2D eigenvalue weighted by Crippen LogP contribution is 2.51. The molecule has 0 bridgehead atoms. The first-order chi connectivity index (χ1) is 43.2. The van der Waals surface area contributed by atoms with Crippen molar-refractivity contribution in [2.75, 3.05) is 0 Å². The predicted octanol–water partition coefficient (Wildman–Crippen LogP) is 21.4. The molecule has 0 fully saturated rings. The van der Waals surface area contributed by atoms with Crippen LogP contribution in [0.2, 0.25) is 26.2 Å². The standard InChI is InChI=1S/C86H60Si2/c1-87(2)77-49-47-74-73(85(77)75-45-43-55(51-79(75)87)81-65-33-13-17-37-69(65)83(70-38-18-14-34-66(70)81)63-31-11-9-29-61(63)59-41-21-25-53-23-5-7-27-57(53)59)48-50-78-86(74)76-46-44-56(52-80(76)88(78,3)4)82-67-35-15-19-39-71(67)84(72-40-20-16-36-68(72)82)64-32-12-10-30-62(64)60-42-22-26-54-24-6-8-28-58(54)60/h5-52H,1-4H3. The first-order valence-electron chi connectivity index (χ1n) is 31.2. The summed E-state index contributed by atoms with van der Waals surface area (Å²) in [5, 5.41) is 24.2. The van der Waals surface area contributed by atoms with E-state index in [1.54, 1.807) is 0 Å². The SMILES string of the molecule is C[Si]1(C)c2cc(-c3c4ccccc4c(-c4ccccc4-c4cccc5ccccc45)c4ccccc34)ccc2-c2c1ccc1c3c(ccc21)[Si](C)(C)c1cc(-c2c4ccccc4c(-c4ccccc4-c4cccc5ccccc45)c4ccccc24)ccc1-3. The third-order valence-corrected chi connectivity index (χ3v) is 27.5. The van der Waals surface area contributed by atoms with E-state index >= 15 is 0 Å². The molecule has 0 saturated carbocycles. The maximum absolute atomic E-state index is 2.61. The first-order valence-corrected chi connectivity index (χ1v) is 37.2. The van der Waals surface area contributed by atoms with E-state index in [0.717, 1.165) is 0 Å². The van der Waals surface area contributed by atoms with E-state index < -0.39 is 16.1 Å². The molecule has 18 rings (SSSR count). The summed E-state index contributed by atoms with van der Waals surface area (Å²) >= 11 is 0. The van der Waals surface area contributed by atoms with Gasteiger partial charge in [0, 0.05) is 0 Å². The van der Waals surface area contributed by atoms with Gasteiger partial charge in [-0.1, -0.05) is 317 Å². The van der Waals surface area contributed by atoms with Gasteiger partial charge in [0.1, 0.15) is 16.1 Å². The second-order valence-corrected chi connectivity index (χ2v) is 34.3. The molecule has 0 N–H and O–H groups in total. The highest BCUT2D eigenvalue weighted by molar-refractivity contribution is 7.05. The Labute approximate surface area is 515 Å². The molecule has 2 aliphatic rings. The van der Waals surface area contributed by atoms with E-state index in [1.165, 1.54) is 185 Å². The molecule has 16 aromatic carbocycles. The van der Waals surface area contributed by atoms with Crippen molar-refractivity contribution in [3.63, 3.8) is 0 Å². The average Bonchev–Trinajstić information content (AvgIpc) is 1.74. The summed E-state index contributed by atoms with van der Waals surface area (Å²) in [6.07, 6.45) is 0. The Kier molecular flexibility index (Phi) is 11.1. The minimum atomic E-state index is -2.19. The van der Waals surface area contributed by atoms with E-state index in [1.807, 2.05) is 0 Å². The lowest BCUT2D eigenvalue weighted by atomic mass is 9.83. The highest BCUT2D eigenvalue weighted by atomic mass is 28.3. The zero-order chi connectivity index (χ0) is 58.6. The molecule has 2 heteroatoms. The molecule has 0 amide bonds. The Morgan fingerprint density at radius 3 is 0.807 bits per heavy atom. The van der Waals surface area contributed by atoms with Gasteiger partial charge in [-0.15, -0.1) is 0 Å². The predicted molar refractivity (Wildman–Crippen MR) is 386 cm³/mol. The van der Waals surface area contributed by atoms with Gasteiger partial charge in [0.15, 0.2) is 0 Å². The maximum Gasteiger partial charge on any atom is 0.113 e. The summed E-state index contributed by atoms with van der Waals surface area (Å²) in [5.41, 5.74) is 21.0. The average molecular weight is 1150 g/mol. The van der Waals surface area contributed by atoms with Crippen molar-refractivity contribution >= 4 is 112 Å². The molecular weight excluding hydrogens is 1090 g/mol. The number of hydrogen-bond donors (Lipinski definition) is 0. The number of hydrogen-bond acceptors (Lipinski definition) is 0. The van der Waals surface area contributed by atoms with E-state index in [4.69, 9.17) is 0 Å². The lowest BCUT2D eigenvalue weighted by molar-refractivity contribution is 1.63. The zero-order valence-corrected chi connectivity index (χ0v) is 51.7. The smallest absolute Gasteiger partial charge is 0.0616 e. The summed E-state index contributed by atoms with van der Waals surface area (Å²) in [7, 11) is -4.39. The number of rotatable bonds is 6. The molecule has 0 aliphatic carbocycles. The van der Waals surface area contributed by atoms with Gasteiger partial charge < -0.3 is 0 Å². The Morgan fingerprint density at radius 1 is 0.170 bits per heavy atom. The van der Waals surface area contributed by atoms with Crippen LogP contribution in [0.4, 0.5) is 0 Å². The zero-order valence-electron chi connectivity index (χ0n) is 49.7. The summed E-state index contributed by atoms with van der Waals surface area (Å²) in [6, 6.07) is 111. The van der Waals surface area contributed by atoms with Gasteiger partial charge in [0.25, 0.3) is 0 Å². The summed E-state index contributed by atoms with van der Waals surface area (Å²) in [6.45, 7) is 10.3. The molecule has 0 spiro atoms. The van der Waals surface area contributed by atoms with Gasteiger partial charge in [0.2, 0.25) is 0 Å². The normalized spacial score (nSPS) is 13.6. The molecule has 412 valence electrons. The van der Waals surface area contributed by atoms with Crippen molar-refractivity contribution < 1.29 is 0 Å². The van der Waals surface area contributed by atoms with E-state index in [2.05, 4.69) is 317 Å². The topological polar surface area (TPSA) is 0 Å². The Hall–Kier alpha value is -10.2. The molecule has 0 unspecified atom stereocenters. The number of fused-ring (bicyclic) bond motifs is 15. The van der Waals surface area contributed by atoms with Crippen molar-refractivity contribution in [1.82, 2.24) is 0 Å².